The van der Waals surface area contributed by atoms with Crippen LogP contribution in [0.1, 0.15) is 21.5 Å². The fourth-order valence-corrected chi connectivity index (χ4v) is 2.92. The molecule has 4 rings (SSSR count). The van der Waals surface area contributed by atoms with E-state index in [1.54, 1.807) is 29.3 Å². The maximum absolute atomic E-state index is 12.5. The number of imidazole rings is 1. The SMILES string of the molecule is Cn1nnc2cc(C(=O)NCc3ccccc3Cn3ccnc3)ccc21. The Bertz CT molecular complexity index is 1050. The van der Waals surface area contributed by atoms with Crippen LogP contribution in [0.5, 0.6) is 0 Å². The number of carbonyl (C=O) groups excluding carboxylic acids is 1. The molecule has 26 heavy (non-hydrogen) atoms. The first kappa shape index (κ1) is 16.0. The first-order valence-corrected chi connectivity index (χ1v) is 8.31. The molecule has 0 aliphatic heterocycles. The highest BCUT2D eigenvalue weighted by atomic mass is 16.1. The molecule has 2 aromatic carbocycles. The van der Waals surface area contributed by atoms with Crippen LogP contribution in [0.2, 0.25) is 0 Å². The van der Waals surface area contributed by atoms with E-state index in [-0.39, 0.29) is 5.91 Å². The summed E-state index contributed by atoms with van der Waals surface area (Å²) in [7, 11) is 1.83. The van der Waals surface area contributed by atoms with Crippen LogP contribution in [0.3, 0.4) is 0 Å². The Morgan fingerprint density at radius 3 is 2.81 bits per heavy atom. The molecule has 0 aliphatic rings. The van der Waals surface area contributed by atoms with Crippen LogP contribution in [0, 0.1) is 0 Å². The van der Waals surface area contributed by atoms with Crippen molar-refractivity contribution in [3.8, 4) is 0 Å². The first-order chi connectivity index (χ1) is 12.7. The standard InChI is InChI=1S/C19H18N6O/c1-24-18-7-6-14(10-17(18)22-23-24)19(26)21-11-15-4-2-3-5-16(15)12-25-9-8-20-13-25/h2-10,13H,11-12H2,1H3,(H,21,26). The van der Waals surface area contributed by atoms with Gasteiger partial charge in [-0.05, 0) is 29.3 Å². The van der Waals surface area contributed by atoms with Gasteiger partial charge in [-0.2, -0.15) is 0 Å². The Morgan fingerprint density at radius 1 is 1.15 bits per heavy atom. The molecular formula is C19H18N6O. The lowest BCUT2D eigenvalue weighted by Crippen LogP contribution is -2.23. The number of nitrogens with zero attached hydrogens (tertiary/aromatic N) is 5. The topological polar surface area (TPSA) is 77.6 Å². The number of aryl methyl sites for hydroxylation is 1. The normalized spacial score (nSPS) is 11.0. The van der Waals surface area contributed by atoms with Gasteiger partial charge in [-0.25, -0.2) is 9.67 Å². The Kier molecular flexibility index (Phi) is 4.18. The Labute approximate surface area is 150 Å². The maximum atomic E-state index is 12.5. The Balaban J connectivity index is 1.48. The fraction of sp³-hybridized carbons (Fsp3) is 0.158. The lowest BCUT2D eigenvalue weighted by molar-refractivity contribution is 0.0951. The van der Waals surface area contributed by atoms with Crippen molar-refractivity contribution in [1.29, 1.82) is 0 Å². The number of hydrogen-bond acceptors (Lipinski definition) is 4. The zero-order valence-electron chi connectivity index (χ0n) is 14.3. The summed E-state index contributed by atoms with van der Waals surface area (Å²) < 4.78 is 3.69. The molecule has 0 spiro atoms. The van der Waals surface area contributed by atoms with Crippen molar-refractivity contribution in [2.45, 2.75) is 13.1 Å². The third-order valence-electron chi connectivity index (χ3n) is 4.34. The minimum atomic E-state index is -0.130. The second-order valence-corrected chi connectivity index (χ2v) is 6.10. The van der Waals surface area contributed by atoms with Gasteiger partial charge in [0.15, 0.2) is 0 Å². The predicted molar refractivity (Wildman–Crippen MR) is 97.5 cm³/mol. The van der Waals surface area contributed by atoms with E-state index in [0.29, 0.717) is 17.6 Å². The van der Waals surface area contributed by atoms with E-state index < -0.39 is 0 Å². The third-order valence-corrected chi connectivity index (χ3v) is 4.34. The van der Waals surface area contributed by atoms with Gasteiger partial charge in [-0.15, -0.1) is 5.10 Å². The second-order valence-electron chi connectivity index (χ2n) is 6.10. The minimum Gasteiger partial charge on any atom is -0.348 e. The highest BCUT2D eigenvalue weighted by Crippen LogP contribution is 2.14. The summed E-state index contributed by atoms with van der Waals surface area (Å²) >= 11 is 0. The van der Waals surface area contributed by atoms with Crippen LogP contribution in [0.25, 0.3) is 11.0 Å². The van der Waals surface area contributed by atoms with Crippen molar-refractivity contribution in [3.63, 3.8) is 0 Å². The summed E-state index contributed by atoms with van der Waals surface area (Å²) in [6, 6.07) is 13.5. The quantitative estimate of drug-likeness (QED) is 0.601. The average molecular weight is 346 g/mol. The lowest BCUT2D eigenvalue weighted by atomic mass is 10.1. The van der Waals surface area contributed by atoms with Crippen LogP contribution in [0.15, 0.2) is 61.2 Å². The number of fused-ring (bicyclic) bond motifs is 1. The van der Waals surface area contributed by atoms with Gasteiger partial charge in [0, 0.05) is 38.1 Å². The average Bonchev–Trinajstić information content (AvgIpc) is 3.30. The molecule has 7 heteroatoms. The third kappa shape index (κ3) is 3.19. The van der Waals surface area contributed by atoms with E-state index in [2.05, 4.69) is 26.7 Å². The summed E-state index contributed by atoms with van der Waals surface area (Å²) in [6.45, 7) is 1.18. The number of hydrogen-bond donors (Lipinski definition) is 1. The molecule has 0 fully saturated rings. The van der Waals surface area contributed by atoms with Crippen LogP contribution >= 0.6 is 0 Å². The molecule has 0 aliphatic carbocycles. The number of benzene rings is 2. The second kappa shape index (κ2) is 6.79. The molecule has 0 saturated heterocycles. The molecule has 2 aromatic heterocycles. The molecule has 7 nitrogen and oxygen atoms in total. The summed E-state index contributed by atoms with van der Waals surface area (Å²) in [5.74, 6) is -0.130. The number of amides is 1. The smallest absolute Gasteiger partial charge is 0.251 e. The van der Waals surface area contributed by atoms with Crippen molar-refractivity contribution in [2.24, 2.45) is 7.05 Å². The molecule has 0 unspecified atom stereocenters. The molecule has 4 aromatic rings. The zero-order chi connectivity index (χ0) is 17.9. The van der Waals surface area contributed by atoms with E-state index in [4.69, 9.17) is 0 Å². The Hall–Kier alpha value is -3.48. The monoisotopic (exact) mass is 346 g/mol. The zero-order valence-corrected chi connectivity index (χ0v) is 14.3. The number of nitrogens with one attached hydrogen (secondary N) is 1. The largest absolute Gasteiger partial charge is 0.348 e. The molecule has 2 heterocycles. The van der Waals surface area contributed by atoms with Gasteiger partial charge in [0.05, 0.1) is 11.8 Å². The molecule has 130 valence electrons. The summed E-state index contributed by atoms with van der Waals surface area (Å²) in [5.41, 5.74) is 4.41. The van der Waals surface area contributed by atoms with E-state index in [9.17, 15) is 4.79 Å². The van der Waals surface area contributed by atoms with E-state index in [0.717, 1.165) is 23.2 Å². The van der Waals surface area contributed by atoms with Gasteiger partial charge in [0.2, 0.25) is 0 Å². The van der Waals surface area contributed by atoms with Gasteiger partial charge in [-0.3, -0.25) is 4.79 Å². The summed E-state index contributed by atoms with van der Waals surface area (Å²) in [4.78, 5) is 16.6. The lowest BCUT2D eigenvalue weighted by Gasteiger charge is -2.11. The molecule has 1 N–H and O–H groups in total. The predicted octanol–water partition coefficient (Wildman–Crippen LogP) is 2.14. The Morgan fingerprint density at radius 2 is 2.00 bits per heavy atom. The van der Waals surface area contributed by atoms with Crippen molar-refractivity contribution in [2.75, 3.05) is 0 Å². The van der Waals surface area contributed by atoms with Crippen molar-refractivity contribution in [1.82, 2.24) is 29.9 Å². The fourth-order valence-electron chi connectivity index (χ4n) is 2.92. The molecule has 1 amide bonds. The van der Waals surface area contributed by atoms with Crippen molar-refractivity contribution >= 4 is 16.9 Å². The molecule has 0 atom stereocenters. The van der Waals surface area contributed by atoms with Gasteiger partial charge in [-0.1, -0.05) is 29.5 Å². The van der Waals surface area contributed by atoms with Gasteiger partial charge < -0.3 is 9.88 Å². The van der Waals surface area contributed by atoms with Crippen LogP contribution < -0.4 is 5.32 Å². The van der Waals surface area contributed by atoms with Crippen LogP contribution in [0.4, 0.5) is 0 Å². The highest BCUT2D eigenvalue weighted by Gasteiger charge is 2.10. The molecular weight excluding hydrogens is 328 g/mol. The van der Waals surface area contributed by atoms with Crippen LogP contribution in [-0.2, 0) is 20.1 Å². The van der Waals surface area contributed by atoms with Crippen LogP contribution in [-0.4, -0.2) is 30.5 Å². The van der Waals surface area contributed by atoms with Crippen molar-refractivity contribution in [3.05, 3.63) is 77.9 Å². The summed E-state index contributed by atoms with van der Waals surface area (Å²) in [6.07, 6.45) is 5.46. The first-order valence-electron chi connectivity index (χ1n) is 8.31. The maximum Gasteiger partial charge on any atom is 0.251 e. The molecule has 0 radical (unpaired) electrons. The van der Waals surface area contributed by atoms with E-state index >= 15 is 0 Å². The van der Waals surface area contributed by atoms with Gasteiger partial charge in [0.1, 0.15) is 5.52 Å². The number of carbonyl (C=O) groups is 1. The van der Waals surface area contributed by atoms with Gasteiger partial charge in [0.25, 0.3) is 5.91 Å². The van der Waals surface area contributed by atoms with Gasteiger partial charge >= 0.3 is 0 Å². The van der Waals surface area contributed by atoms with E-state index in [1.165, 1.54) is 0 Å². The van der Waals surface area contributed by atoms with Crippen molar-refractivity contribution < 1.29 is 4.79 Å². The van der Waals surface area contributed by atoms with E-state index in [1.807, 2.05) is 42.1 Å². The molecule has 0 bridgehead atoms. The molecule has 0 saturated carbocycles. The summed E-state index contributed by atoms with van der Waals surface area (Å²) in [5, 5.41) is 11.0. The highest BCUT2D eigenvalue weighted by molar-refractivity contribution is 5.97. The minimum absolute atomic E-state index is 0.130. The number of rotatable bonds is 5. The number of aromatic nitrogens is 5.